The maximum atomic E-state index is 11.6. The van der Waals surface area contributed by atoms with Crippen molar-refractivity contribution in [3.05, 3.63) is 42.1 Å². The van der Waals surface area contributed by atoms with E-state index in [1.807, 2.05) is 36.6 Å². The van der Waals surface area contributed by atoms with E-state index < -0.39 is 0 Å². The minimum absolute atomic E-state index is 0.0783. The molecule has 0 aliphatic carbocycles. The Morgan fingerprint density at radius 3 is 2.89 bits per heavy atom. The summed E-state index contributed by atoms with van der Waals surface area (Å²) in [4.78, 5) is 11.6. The van der Waals surface area contributed by atoms with Gasteiger partial charge in [-0.1, -0.05) is 30.3 Å². The van der Waals surface area contributed by atoms with Gasteiger partial charge in [-0.05, 0) is 11.8 Å². The lowest BCUT2D eigenvalue weighted by Crippen LogP contribution is -2.23. The zero-order valence-corrected chi connectivity index (χ0v) is 11.7. The average Bonchev–Trinajstić information content (AvgIpc) is 2.92. The summed E-state index contributed by atoms with van der Waals surface area (Å²) in [7, 11) is 0. The summed E-state index contributed by atoms with van der Waals surface area (Å²) in [6.07, 6.45) is 4.31. The first-order valence-corrected chi connectivity index (χ1v) is 7.54. The van der Waals surface area contributed by atoms with Crippen molar-refractivity contribution in [1.82, 2.24) is 15.5 Å². The smallest absolute Gasteiger partial charge is 0.221 e. The monoisotopic (exact) mass is 275 g/mol. The molecule has 19 heavy (non-hydrogen) atoms. The van der Waals surface area contributed by atoms with Crippen LogP contribution in [0.2, 0.25) is 0 Å². The number of nitrogens with zero attached hydrogens (tertiary/aromatic N) is 1. The van der Waals surface area contributed by atoms with Gasteiger partial charge in [-0.3, -0.25) is 9.89 Å². The van der Waals surface area contributed by atoms with Crippen molar-refractivity contribution >= 4 is 17.7 Å². The zero-order valence-electron chi connectivity index (χ0n) is 10.8. The molecule has 0 saturated carbocycles. The third-order valence-corrected chi connectivity index (χ3v) is 3.40. The summed E-state index contributed by atoms with van der Waals surface area (Å²) in [5, 5.41) is 9.96. The number of nitrogens with one attached hydrogen (secondary N) is 2. The quantitative estimate of drug-likeness (QED) is 0.851. The van der Waals surface area contributed by atoms with Crippen molar-refractivity contribution in [2.45, 2.75) is 13.0 Å². The highest BCUT2D eigenvalue weighted by atomic mass is 32.2. The second kappa shape index (κ2) is 6.99. The van der Waals surface area contributed by atoms with E-state index in [-0.39, 0.29) is 5.91 Å². The lowest BCUT2D eigenvalue weighted by molar-refractivity contribution is -0.120. The van der Waals surface area contributed by atoms with E-state index in [9.17, 15) is 4.79 Å². The first kappa shape index (κ1) is 13.7. The van der Waals surface area contributed by atoms with E-state index in [1.54, 1.807) is 18.0 Å². The molecule has 1 aromatic heterocycles. The van der Waals surface area contributed by atoms with Crippen LogP contribution in [-0.2, 0) is 11.3 Å². The van der Waals surface area contributed by atoms with Gasteiger partial charge in [0.25, 0.3) is 0 Å². The molecule has 0 radical (unpaired) electrons. The highest BCUT2D eigenvalue weighted by Gasteiger charge is 2.08. The number of aromatic nitrogens is 2. The van der Waals surface area contributed by atoms with Crippen molar-refractivity contribution in [2.24, 2.45) is 0 Å². The molecule has 1 heterocycles. The number of hydrogen-bond acceptors (Lipinski definition) is 3. The third kappa shape index (κ3) is 3.86. The number of hydrogen-bond donors (Lipinski definition) is 2. The number of thioether (sulfide) groups is 1. The lowest BCUT2D eigenvalue weighted by atomic mass is 10.1. The van der Waals surface area contributed by atoms with Gasteiger partial charge in [0, 0.05) is 24.3 Å². The largest absolute Gasteiger partial charge is 0.352 e. The van der Waals surface area contributed by atoms with Crippen molar-refractivity contribution in [3.8, 4) is 11.3 Å². The molecule has 0 unspecified atom stereocenters. The molecule has 2 rings (SSSR count). The van der Waals surface area contributed by atoms with Crippen molar-refractivity contribution in [1.29, 1.82) is 0 Å². The van der Waals surface area contributed by atoms with E-state index in [0.29, 0.717) is 13.0 Å². The topological polar surface area (TPSA) is 57.8 Å². The fourth-order valence-corrected chi connectivity index (χ4v) is 2.17. The maximum absolute atomic E-state index is 11.6. The number of amides is 1. The van der Waals surface area contributed by atoms with Crippen LogP contribution < -0.4 is 5.32 Å². The summed E-state index contributed by atoms with van der Waals surface area (Å²) in [5.74, 6) is 0.928. The molecule has 0 spiro atoms. The molecular weight excluding hydrogens is 258 g/mol. The lowest BCUT2D eigenvalue weighted by Gasteiger charge is -2.05. The highest BCUT2D eigenvalue weighted by molar-refractivity contribution is 7.98. The van der Waals surface area contributed by atoms with Gasteiger partial charge in [0.15, 0.2) is 0 Å². The Bertz CT molecular complexity index is 524. The molecule has 100 valence electrons. The predicted octanol–water partition coefficient (Wildman–Crippen LogP) is 2.45. The molecule has 5 heteroatoms. The van der Waals surface area contributed by atoms with Gasteiger partial charge in [0.2, 0.25) is 5.91 Å². The van der Waals surface area contributed by atoms with Gasteiger partial charge >= 0.3 is 0 Å². The Morgan fingerprint density at radius 2 is 2.16 bits per heavy atom. The summed E-state index contributed by atoms with van der Waals surface area (Å²) >= 11 is 1.67. The minimum Gasteiger partial charge on any atom is -0.352 e. The molecule has 0 aliphatic heterocycles. The molecule has 0 bridgehead atoms. The Labute approximate surface area is 117 Å². The van der Waals surface area contributed by atoms with Crippen molar-refractivity contribution < 1.29 is 4.79 Å². The van der Waals surface area contributed by atoms with Gasteiger partial charge in [-0.2, -0.15) is 16.9 Å². The summed E-state index contributed by atoms with van der Waals surface area (Å²) in [6, 6.07) is 9.98. The first-order chi connectivity index (χ1) is 9.31. The zero-order chi connectivity index (χ0) is 13.5. The van der Waals surface area contributed by atoms with E-state index in [2.05, 4.69) is 15.5 Å². The molecule has 2 N–H and O–H groups in total. The summed E-state index contributed by atoms with van der Waals surface area (Å²) in [5.41, 5.74) is 3.04. The van der Waals surface area contributed by atoms with E-state index in [1.165, 1.54) is 0 Å². The van der Waals surface area contributed by atoms with Gasteiger partial charge < -0.3 is 5.32 Å². The Kier molecular flexibility index (Phi) is 5.03. The van der Waals surface area contributed by atoms with Crippen LogP contribution in [0.4, 0.5) is 0 Å². The number of benzene rings is 1. The molecule has 0 atom stereocenters. The predicted molar refractivity (Wildman–Crippen MR) is 78.9 cm³/mol. The number of H-pyrrole nitrogens is 1. The molecular formula is C14H17N3OS. The number of carbonyl (C=O) groups excluding carboxylic acids is 1. The van der Waals surface area contributed by atoms with Crippen LogP contribution in [0.1, 0.15) is 12.0 Å². The van der Waals surface area contributed by atoms with E-state index in [0.717, 1.165) is 22.6 Å². The van der Waals surface area contributed by atoms with E-state index in [4.69, 9.17) is 0 Å². The van der Waals surface area contributed by atoms with Crippen LogP contribution in [-0.4, -0.2) is 28.1 Å². The molecule has 0 fully saturated rings. The molecule has 0 aliphatic rings. The first-order valence-electron chi connectivity index (χ1n) is 6.14. The Balaban J connectivity index is 1.99. The van der Waals surface area contributed by atoms with Gasteiger partial charge in [-0.15, -0.1) is 0 Å². The normalized spacial score (nSPS) is 10.4. The molecule has 4 nitrogen and oxygen atoms in total. The number of aromatic amines is 1. The standard InChI is InChI=1S/C14H17N3OS/c1-19-8-7-13(18)15-9-12-10-16-17-14(12)11-5-3-2-4-6-11/h2-6,10H,7-9H2,1H3,(H,15,18)(H,16,17). The van der Waals surface area contributed by atoms with Crippen LogP contribution in [0.15, 0.2) is 36.5 Å². The SMILES string of the molecule is CSCCC(=O)NCc1cn[nH]c1-c1ccccc1. The van der Waals surface area contributed by atoms with Crippen molar-refractivity contribution in [3.63, 3.8) is 0 Å². The molecule has 1 amide bonds. The molecule has 0 saturated heterocycles. The van der Waals surface area contributed by atoms with Gasteiger partial charge in [-0.25, -0.2) is 0 Å². The van der Waals surface area contributed by atoms with E-state index >= 15 is 0 Å². The molecule has 2 aromatic rings. The van der Waals surface area contributed by atoms with Gasteiger partial charge in [0.05, 0.1) is 11.9 Å². The Hall–Kier alpha value is -1.75. The Morgan fingerprint density at radius 1 is 1.37 bits per heavy atom. The number of carbonyl (C=O) groups is 1. The average molecular weight is 275 g/mol. The van der Waals surface area contributed by atoms with Gasteiger partial charge in [0.1, 0.15) is 0 Å². The highest BCUT2D eigenvalue weighted by Crippen LogP contribution is 2.20. The van der Waals surface area contributed by atoms with Crippen LogP contribution >= 0.6 is 11.8 Å². The van der Waals surface area contributed by atoms with Crippen LogP contribution in [0.3, 0.4) is 0 Å². The fourth-order valence-electron chi connectivity index (χ4n) is 1.78. The molecule has 1 aromatic carbocycles. The summed E-state index contributed by atoms with van der Waals surface area (Å²) in [6.45, 7) is 0.508. The maximum Gasteiger partial charge on any atom is 0.221 e. The summed E-state index contributed by atoms with van der Waals surface area (Å²) < 4.78 is 0. The third-order valence-electron chi connectivity index (χ3n) is 2.79. The second-order valence-electron chi connectivity index (χ2n) is 4.16. The number of rotatable bonds is 6. The second-order valence-corrected chi connectivity index (χ2v) is 5.14. The fraction of sp³-hybridized carbons (Fsp3) is 0.286. The minimum atomic E-state index is 0.0783. The van der Waals surface area contributed by atoms with Crippen LogP contribution in [0.5, 0.6) is 0 Å². The van der Waals surface area contributed by atoms with Crippen LogP contribution in [0, 0.1) is 0 Å². The van der Waals surface area contributed by atoms with Crippen LogP contribution in [0.25, 0.3) is 11.3 Å². The van der Waals surface area contributed by atoms with Crippen molar-refractivity contribution in [2.75, 3.05) is 12.0 Å².